The van der Waals surface area contributed by atoms with Gasteiger partial charge in [-0.3, -0.25) is 4.79 Å². The highest BCUT2D eigenvalue weighted by atomic mass is 32.1. The smallest absolute Gasteiger partial charge is 0.336 e. The van der Waals surface area contributed by atoms with E-state index >= 15 is 0 Å². The van der Waals surface area contributed by atoms with Crippen molar-refractivity contribution in [2.45, 2.75) is 19.8 Å². The Kier molecular flexibility index (Phi) is 3.51. The highest BCUT2D eigenvalue weighted by Crippen LogP contribution is 2.32. The Bertz CT molecular complexity index is 720. The summed E-state index contributed by atoms with van der Waals surface area (Å²) in [6, 6.07) is 8.89. The van der Waals surface area contributed by atoms with E-state index in [4.69, 9.17) is 0 Å². The molecular weight excluding hydrogens is 286 g/mol. The molecule has 1 N–H and O–H groups in total. The molecule has 0 spiro atoms. The molecular formula is C16H15NO3S. The fraction of sp³-hybridized carbons (Fsp3) is 0.250. The van der Waals surface area contributed by atoms with Crippen molar-refractivity contribution in [2.75, 3.05) is 11.4 Å². The predicted molar refractivity (Wildman–Crippen MR) is 82.5 cm³/mol. The molecule has 2 heterocycles. The zero-order valence-electron chi connectivity index (χ0n) is 11.6. The lowest BCUT2D eigenvalue weighted by Crippen LogP contribution is -2.35. The highest BCUT2D eigenvalue weighted by molar-refractivity contribution is 7.14. The van der Waals surface area contributed by atoms with E-state index in [9.17, 15) is 14.7 Å². The third-order valence-electron chi connectivity index (χ3n) is 3.68. The number of rotatable bonds is 2. The standard InChI is InChI=1S/C16H15NO3S/c1-10-7-8-14(21-10)15(18)17-9-3-5-11-12(16(19)20)4-2-6-13(11)17/h2,4,6-8H,3,5,9H2,1H3,(H,19,20). The number of nitrogens with zero attached hydrogens (tertiary/aromatic N) is 1. The maximum atomic E-state index is 12.6. The van der Waals surface area contributed by atoms with E-state index in [-0.39, 0.29) is 5.91 Å². The second kappa shape index (κ2) is 5.33. The number of amides is 1. The van der Waals surface area contributed by atoms with Crippen molar-refractivity contribution in [3.63, 3.8) is 0 Å². The van der Waals surface area contributed by atoms with Crippen LogP contribution in [0.3, 0.4) is 0 Å². The maximum absolute atomic E-state index is 12.6. The third-order valence-corrected chi connectivity index (χ3v) is 4.67. The average molecular weight is 301 g/mol. The van der Waals surface area contributed by atoms with Crippen LogP contribution in [0.25, 0.3) is 0 Å². The van der Waals surface area contributed by atoms with E-state index in [1.165, 1.54) is 11.3 Å². The Balaban J connectivity index is 2.03. The average Bonchev–Trinajstić information content (AvgIpc) is 2.91. The number of anilines is 1. The first-order chi connectivity index (χ1) is 10.1. The predicted octanol–water partition coefficient (Wildman–Crippen LogP) is 3.35. The molecule has 1 amide bonds. The van der Waals surface area contributed by atoms with Gasteiger partial charge in [0, 0.05) is 17.1 Å². The number of carbonyl (C=O) groups is 2. The fourth-order valence-corrected chi connectivity index (χ4v) is 3.54. The lowest BCUT2D eigenvalue weighted by molar-refractivity contribution is 0.0695. The highest BCUT2D eigenvalue weighted by Gasteiger charge is 2.27. The van der Waals surface area contributed by atoms with Crippen molar-refractivity contribution >= 4 is 28.9 Å². The number of hydrogen-bond acceptors (Lipinski definition) is 3. The van der Waals surface area contributed by atoms with Gasteiger partial charge < -0.3 is 10.0 Å². The van der Waals surface area contributed by atoms with Crippen LogP contribution in [-0.4, -0.2) is 23.5 Å². The number of carbonyl (C=O) groups excluding carboxylic acids is 1. The summed E-state index contributed by atoms with van der Waals surface area (Å²) in [5.74, 6) is -0.982. The SMILES string of the molecule is Cc1ccc(C(=O)N2CCCc3c(C(=O)O)cccc32)s1. The van der Waals surface area contributed by atoms with Crippen LogP contribution in [-0.2, 0) is 6.42 Å². The van der Waals surface area contributed by atoms with Gasteiger partial charge in [0.05, 0.1) is 10.4 Å². The Labute approximate surface area is 126 Å². The van der Waals surface area contributed by atoms with Crippen LogP contribution in [0.1, 0.15) is 36.9 Å². The number of benzene rings is 1. The van der Waals surface area contributed by atoms with Gasteiger partial charge in [-0.15, -0.1) is 11.3 Å². The van der Waals surface area contributed by atoms with E-state index < -0.39 is 5.97 Å². The molecule has 1 aromatic heterocycles. The number of carboxylic acids is 1. The molecule has 0 aliphatic carbocycles. The molecule has 0 atom stereocenters. The molecule has 5 heteroatoms. The lowest BCUT2D eigenvalue weighted by Gasteiger charge is -2.30. The Morgan fingerprint density at radius 1 is 1.24 bits per heavy atom. The van der Waals surface area contributed by atoms with Crippen LogP contribution in [0.4, 0.5) is 5.69 Å². The zero-order chi connectivity index (χ0) is 15.0. The van der Waals surface area contributed by atoms with E-state index in [0.29, 0.717) is 23.4 Å². The molecule has 4 nitrogen and oxygen atoms in total. The van der Waals surface area contributed by atoms with Gasteiger partial charge in [0.2, 0.25) is 0 Å². The minimum absolute atomic E-state index is 0.0448. The normalized spacial score (nSPS) is 13.9. The summed E-state index contributed by atoms with van der Waals surface area (Å²) in [5.41, 5.74) is 1.79. The molecule has 1 aromatic carbocycles. The summed E-state index contributed by atoms with van der Waals surface area (Å²) in [7, 11) is 0. The van der Waals surface area contributed by atoms with Crippen LogP contribution in [0.15, 0.2) is 30.3 Å². The molecule has 0 radical (unpaired) electrons. The van der Waals surface area contributed by atoms with Gasteiger partial charge in [0.25, 0.3) is 5.91 Å². The molecule has 0 fully saturated rings. The molecule has 2 aromatic rings. The van der Waals surface area contributed by atoms with Gasteiger partial charge in [0.15, 0.2) is 0 Å². The number of carboxylic acid groups (broad SMARTS) is 1. The van der Waals surface area contributed by atoms with Gasteiger partial charge in [-0.05, 0) is 49.6 Å². The summed E-state index contributed by atoms with van der Waals surface area (Å²) in [6.45, 7) is 2.60. The molecule has 1 aliphatic rings. The molecule has 0 unspecified atom stereocenters. The largest absolute Gasteiger partial charge is 0.478 e. The monoisotopic (exact) mass is 301 g/mol. The molecule has 0 saturated carbocycles. The number of hydrogen-bond donors (Lipinski definition) is 1. The molecule has 0 bridgehead atoms. The first-order valence-corrected chi connectivity index (χ1v) is 7.63. The molecule has 0 saturated heterocycles. The van der Waals surface area contributed by atoms with Crippen molar-refractivity contribution in [1.82, 2.24) is 0 Å². The number of aryl methyl sites for hydroxylation is 1. The van der Waals surface area contributed by atoms with Crippen LogP contribution < -0.4 is 4.90 Å². The molecule has 108 valence electrons. The summed E-state index contributed by atoms with van der Waals surface area (Å²) in [6.07, 6.45) is 1.48. The summed E-state index contributed by atoms with van der Waals surface area (Å²) >= 11 is 1.47. The molecule has 1 aliphatic heterocycles. The quantitative estimate of drug-likeness (QED) is 0.925. The topological polar surface area (TPSA) is 57.6 Å². The van der Waals surface area contributed by atoms with Crippen molar-refractivity contribution in [2.24, 2.45) is 0 Å². The van der Waals surface area contributed by atoms with Crippen molar-refractivity contribution in [3.8, 4) is 0 Å². The Morgan fingerprint density at radius 2 is 2.05 bits per heavy atom. The van der Waals surface area contributed by atoms with Crippen molar-refractivity contribution in [1.29, 1.82) is 0 Å². The van der Waals surface area contributed by atoms with Gasteiger partial charge in [-0.2, -0.15) is 0 Å². The fourth-order valence-electron chi connectivity index (χ4n) is 2.72. The summed E-state index contributed by atoms with van der Waals surface area (Å²) < 4.78 is 0. The number of fused-ring (bicyclic) bond motifs is 1. The van der Waals surface area contributed by atoms with Crippen molar-refractivity contribution in [3.05, 3.63) is 51.2 Å². The van der Waals surface area contributed by atoms with Gasteiger partial charge in [-0.1, -0.05) is 6.07 Å². The molecule has 3 rings (SSSR count). The Morgan fingerprint density at radius 3 is 2.71 bits per heavy atom. The minimum Gasteiger partial charge on any atom is -0.478 e. The van der Waals surface area contributed by atoms with E-state index in [2.05, 4.69) is 0 Å². The third kappa shape index (κ3) is 2.45. The second-order valence-corrected chi connectivity index (χ2v) is 6.37. The summed E-state index contributed by atoms with van der Waals surface area (Å²) in [4.78, 5) is 27.5. The van der Waals surface area contributed by atoms with Crippen LogP contribution in [0, 0.1) is 6.92 Å². The first-order valence-electron chi connectivity index (χ1n) is 6.81. The Hall–Kier alpha value is -2.14. The zero-order valence-corrected chi connectivity index (χ0v) is 12.4. The number of aromatic carboxylic acids is 1. The van der Waals surface area contributed by atoms with Gasteiger partial charge in [-0.25, -0.2) is 4.79 Å². The maximum Gasteiger partial charge on any atom is 0.336 e. The minimum atomic E-state index is -0.937. The van der Waals surface area contributed by atoms with Crippen LogP contribution >= 0.6 is 11.3 Å². The molecule has 21 heavy (non-hydrogen) atoms. The second-order valence-electron chi connectivity index (χ2n) is 5.08. The van der Waals surface area contributed by atoms with Gasteiger partial charge in [0.1, 0.15) is 0 Å². The van der Waals surface area contributed by atoms with Crippen LogP contribution in [0.2, 0.25) is 0 Å². The van der Waals surface area contributed by atoms with Crippen molar-refractivity contribution < 1.29 is 14.7 Å². The first kappa shape index (κ1) is 13.8. The number of thiophene rings is 1. The van der Waals surface area contributed by atoms with E-state index in [0.717, 1.165) is 22.5 Å². The van der Waals surface area contributed by atoms with Crippen LogP contribution in [0.5, 0.6) is 0 Å². The van der Waals surface area contributed by atoms with E-state index in [1.54, 1.807) is 17.0 Å². The van der Waals surface area contributed by atoms with Gasteiger partial charge >= 0.3 is 5.97 Å². The lowest BCUT2D eigenvalue weighted by atomic mass is 9.96. The van der Waals surface area contributed by atoms with E-state index in [1.807, 2.05) is 25.1 Å². The summed E-state index contributed by atoms with van der Waals surface area (Å²) in [5, 5.41) is 9.28.